The number of ether oxygens (including phenoxy) is 8. The van der Waals surface area contributed by atoms with E-state index < -0.39 is 132 Å². The van der Waals surface area contributed by atoms with Crippen LogP contribution in [0, 0.1) is 23.7 Å². The lowest BCUT2D eigenvalue weighted by atomic mass is 9.74. The van der Waals surface area contributed by atoms with Crippen LogP contribution >= 0.6 is 0 Å². The Labute approximate surface area is 412 Å². The molecule has 6 N–H and O–H groups in total. The van der Waals surface area contributed by atoms with Crippen LogP contribution in [0.25, 0.3) is 11.0 Å². The number of aromatic nitrogens is 2. The summed E-state index contributed by atoms with van der Waals surface area (Å²) < 4.78 is 90.0. The molecule has 4 heterocycles. The number of benzene rings is 1. The molecule has 3 saturated heterocycles. The molecular formula is C48H74F3N5O15. The summed E-state index contributed by atoms with van der Waals surface area (Å²) in [7, 11) is 6.49. The van der Waals surface area contributed by atoms with Crippen LogP contribution in [-0.2, 0) is 53.7 Å². The minimum atomic E-state index is -4.74. The number of hydrazine groups is 1. The zero-order valence-electron chi connectivity index (χ0n) is 43.0. The minimum absolute atomic E-state index is 0.0112. The van der Waals surface area contributed by atoms with Crippen molar-refractivity contribution in [2.24, 2.45) is 23.7 Å². The number of imidazole rings is 1. The van der Waals surface area contributed by atoms with Gasteiger partial charge in [0.1, 0.15) is 29.2 Å². The van der Waals surface area contributed by atoms with Crippen molar-refractivity contribution in [2.45, 2.75) is 185 Å². The standard InChI is InChI=1S/C48H74F3N5O15/c1-15-32-47(10,63)37(59)24(4)34(57)22(2)20-45(8,64-13)38(70-42-35(58)31(56(11)12)18-23(3)66-42)25(5)36(26(6)41(61)68-32)69-33-21-46(9,65-14)39(27(7)67-33)71-44(62)55-54-40(60)28-16-17-29-30(19-28)53-43(52-29)48(49,50)51/h16-17,19,22-27,31-33,35-39,42,58-59,63H,15,18,20-21H2,1-14H3,(H,52,53)(H,54,60)(H,55,62)/t22-,23-,24+,25+,26-,27+,31+,32-,33+,35-,36+,37-,38-,39+,42+,45+,46-,47-/m1/s1. The van der Waals surface area contributed by atoms with E-state index in [-0.39, 0.29) is 48.0 Å². The number of likely N-dealkylation sites (N-methyl/N-ethyl adjacent to an activating group) is 1. The number of carbonyl (C=O) groups is 4. The number of aromatic amines is 1. The Morgan fingerprint density at radius 1 is 0.930 bits per heavy atom. The lowest BCUT2D eigenvalue weighted by Crippen LogP contribution is -2.62. The number of amides is 2. The average molecular weight is 1020 g/mol. The fourth-order valence-electron chi connectivity index (χ4n) is 10.4. The van der Waals surface area contributed by atoms with Crippen molar-refractivity contribution < 1.29 is 85.6 Å². The Bertz CT molecular complexity index is 2180. The van der Waals surface area contributed by atoms with Crippen LogP contribution < -0.4 is 10.9 Å². The van der Waals surface area contributed by atoms with Crippen LogP contribution in [-0.4, -0.2) is 167 Å². The molecule has 20 nitrogen and oxygen atoms in total. The third kappa shape index (κ3) is 12.7. The molecule has 0 bridgehead atoms. The van der Waals surface area contributed by atoms with Crippen LogP contribution in [0.2, 0.25) is 0 Å². The number of aliphatic hydroxyl groups is 3. The van der Waals surface area contributed by atoms with Crippen LogP contribution in [0.15, 0.2) is 18.2 Å². The maximum absolute atomic E-state index is 14.5. The normalized spacial score (nSPS) is 39.1. The Hall–Kier alpha value is -4.04. The fourth-order valence-corrected chi connectivity index (χ4v) is 10.4. The topological polar surface area (TPSA) is 259 Å². The lowest BCUT2D eigenvalue weighted by Gasteiger charge is -2.50. The number of alkyl halides is 3. The van der Waals surface area contributed by atoms with E-state index in [4.69, 9.17) is 37.9 Å². The Morgan fingerprint density at radius 2 is 1.56 bits per heavy atom. The molecule has 3 fully saturated rings. The molecule has 0 spiro atoms. The second-order valence-electron chi connectivity index (χ2n) is 20.4. The van der Waals surface area contributed by atoms with Crippen molar-refractivity contribution in [3.63, 3.8) is 0 Å². The molecule has 1 aromatic heterocycles. The first-order valence-corrected chi connectivity index (χ1v) is 24.0. The largest absolute Gasteiger partial charge is 0.459 e. The number of carbonyl (C=O) groups excluding carboxylic acids is 4. The van der Waals surface area contributed by atoms with E-state index in [0.29, 0.717) is 6.42 Å². The quantitative estimate of drug-likeness (QED) is 0.142. The van der Waals surface area contributed by atoms with Gasteiger partial charge in [-0.2, -0.15) is 13.2 Å². The highest BCUT2D eigenvalue weighted by Gasteiger charge is 2.55. The molecule has 2 amide bonds. The molecule has 402 valence electrons. The van der Waals surface area contributed by atoms with Crippen molar-refractivity contribution in [3.8, 4) is 0 Å². The SMILES string of the molecule is CC[C@H]1OC(=O)[C@H](C)[C@@H](O[C@H]2C[C@@](C)(OC)[C@@H](OC(=O)NNC(=O)c3ccc4nc(C(F)(F)F)[nH]c4c3)[C@H](C)O2)[C@H](C)[C@@H](O[C@@H]2O[C@H](C)C[C@H](N(C)C)[C@H]2O)[C@@](C)(OC)C[C@@H](C)C(=O)[C@H](C)[C@@H](O)[C@]1(C)O. The van der Waals surface area contributed by atoms with Gasteiger partial charge in [0.2, 0.25) is 5.82 Å². The van der Waals surface area contributed by atoms with E-state index in [1.165, 1.54) is 40.2 Å². The van der Waals surface area contributed by atoms with Gasteiger partial charge in [-0.3, -0.25) is 19.8 Å². The molecule has 0 aliphatic carbocycles. The van der Waals surface area contributed by atoms with Gasteiger partial charge in [0.05, 0.1) is 53.1 Å². The predicted molar refractivity (Wildman–Crippen MR) is 247 cm³/mol. The zero-order valence-corrected chi connectivity index (χ0v) is 43.0. The number of H-pyrrole nitrogens is 1. The average Bonchev–Trinajstić information content (AvgIpc) is 3.76. The summed E-state index contributed by atoms with van der Waals surface area (Å²) >= 11 is 0. The number of halogens is 3. The monoisotopic (exact) mass is 1020 g/mol. The molecule has 1 aromatic carbocycles. The zero-order chi connectivity index (χ0) is 53.3. The minimum Gasteiger partial charge on any atom is -0.459 e. The number of hydrogen-bond donors (Lipinski definition) is 6. The number of fused-ring (bicyclic) bond motifs is 1. The Morgan fingerprint density at radius 3 is 2.15 bits per heavy atom. The van der Waals surface area contributed by atoms with Gasteiger partial charge in [-0.05, 0) is 93.1 Å². The highest BCUT2D eigenvalue weighted by atomic mass is 19.4. The number of ketones is 1. The predicted octanol–water partition coefficient (Wildman–Crippen LogP) is 4.41. The first kappa shape index (κ1) is 57.9. The first-order chi connectivity index (χ1) is 32.9. The van der Waals surface area contributed by atoms with E-state index in [9.17, 15) is 47.7 Å². The smallest absolute Gasteiger partial charge is 0.449 e. The van der Waals surface area contributed by atoms with Crippen molar-refractivity contribution in [1.29, 1.82) is 0 Å². The van der Waals surface area contributed by atoms with Gasteiger partial charge in [-0.25, -0.2) is 15.2 Å². The van der Waals surface area contributed by atoms with Crippen LogP contribution in [0.3, 0.4) is 0 Å². The summed E-state index contributed by atoms with van der Waals surface area (Å²) in [6.45, 7) is 16.3. The second kappa shape index (κ2) is 22.6. The molecule has 18 atom stereocenters. The number of rotatable bonds is 10. The third-order valence-electron chi connectivity index (χ3n) is 14.8. The van der Waals surface area contributed by atoms with E-state index >= 15 is 0 Å². The highest BCUT2D eigenvalue weighted by molar-refractivity contribution is 5.98. The van der Waals surface area contributed by atoms with Gasteiger partial charge < -0.3 is 63.1 Å². The summed E-state index contributed by atoms with van der Waals surface area (Å²) in [6.07, 6.45) is -16.7. The number of cyclic esters (lactones) is 1. The van der Waals surface area contributed by atoms with Gasteiger partial charge >= 0.3 is 18.2 Å². The molecule has 0 radical (unpaired) electrons. The maximum Gasteiger partial charge on any atom is 0.449 e. The Balaban J connectivity index is 1.45. The van der Waals surface area contributed by atoms with Gasteiger partial charge in [-0.15, -0.1) is 0 Å². The third-order valence-corrected chi connectivity index (χ3v) is 14.8. The first-order valence-electron chi connectivity index (χ1n) is 24.0. The molecule has 23 heteroatoms. The van der Waals surface area contributed by atoms with Crippen LogP contribution in [0.5, 0.6) is 0 Å². The van der Waals surface area contributed by atoms with Crippen molar-refractivity contribution in [2.75, 3.05) is 28.3 Å². The van der Waals surface area contributed by atoms with Gasteiger partial charge in [0, 0.05) is 50.0 Å². The van der Waals surface area contributed by atoms with E-state index in [1.54, 1.807) is 48.5 Å². The molecule has 71 heavy (non-hydrogen) atoms. The van der Waals surface area contributed by atoms with Crippen LogP contribution in [0.4, 0.5) is 18.0 Å². The van der Waals surface area contributed by atoms with Gasteiger partial charge in [-0.1, -0.05) is 27.7 Å². The molecule has 2 aromatic rings. The van der Waals surface area contributed by atoms with Crippen molar-refractivity contribution in [1.82, 2.24) is 25.7 Å². The summed E-state index contributed by atoms with van der Waals surface area (Å²) in [5.74, 6) is -7.27. The number of nitrogens with one attached hydrogen (secondary N) is 3. The van der Waals surface area contributed by atoms with Crippen LogP contribution in [0.1, 0.15) is 111 Å². The summed E-state index contributed by atoms with van der Waals surface area (Å²) in [4.78, 5) is 62.4. The molecule has 3 aliphatic heterocycles. The number of methoxy groups -OCH3 is 2. The number of esters is 1. The summed E-state index contributed by atoms with van der Waals surface area (Å²) in [6, 6.07) is 3.21. The molecule has 0 unspecified atom stereocenters. The number of aliphatic hydroxyl groups excluding tert-OH is 2. The summed E-state index contributed by atoms with van der Waals surface area (Å²) in [5, 5.41) is 35.1. The lowest BCUT2D eigenvalue weighted by molar-refractivity contribution is -0.319. The molecular weight excluding hydrogens is 944 g/mol. The van der Waals surface area contributed by atoms with Gasteiger partial charge in [0.15, 0.2) is 18.7 Å². The Kier molecular flexibility index (Phi) is 18.4. The molecule has 3 aliphatic rings. The number of nitrogens with zero attached hydrogens (tertiary/aromatic N) is 2. The van der Waals surface area contributed by atoms with E-state index in [2.05, 4.69) is 20.8 Å². The number of hydrogen-bond acceptors (Lipinski definition) is 17. The maximum atomic E-state index is 14.5. The summed E-state index contributed by atoms with van der Waals surface area (Å²) in [5.41, 5.74) is -0.680. The van der Waals surface area contributed by atoms with Crippen molar-refractivity contribution >= 4 is 34.8 Å². The molecule has 0 saturated carbocycles. The highest BCUT2D eigenvalue weighted by Crippen LogP contribution is 2.42. The van der Waals surface area contributed by atoms with E-state index in [0.717, 1.165) is 6.07 Å². The molecule has 5 rings (SSSR count). The number of Topliss-reactive ketones (excluding diaryl/α,β-unsaturated/α-hetero) is 1. The van der Waals surface area contributed by atoms with Gasteiger partial charge in [0.25, 0.3) is 5.91 Å². The van der Waals surface area contributed by atoms with Crippen molar-refractivity contribution in [3.05, 3.63) is 29.6 Å². The van der Waals surface area contributed by atoms with E-state index in [1.807, 2.05) is 25.9 Å². The second-order valence-corrected chi connectivity index (χ2v) is 20.4. The fraction of sp³-hybridized carbons (Fsp3) is 0.771.